The van der Waals surface area contributed by atoms with E-state index in [1.54, 1.807) is 0 Å². The van der Waals surface area contributed by atoms with Crippen molar-refractivity contribution in [3.8, 4) is 0 Å². The fraction of sp³-hybridized carbons (Fsp3) is 0.333. The Balaban J connectivity index is 1.91. The van der Waals surface area contributed by atoms with Gasteiger partial charge in [-0.2, -0.15) is 0 Å². The van der Waals surface area contributed by atoms with Crippen LogP contribution in [0.2, 0.25) is 0 Å². The van der Waals surface area contributed by atoms with Gasteiger partial charge in [0.25, 0.3) is 0 Å². The lowest BCUT2D eigenvalue weighted by Crippen LogP contribution is -2.44. The maximum absolute atomic E-state index is 4.01. The monoisotopic (exact) mass is 241 g/mol. The molecule has 0 bridgehead atoms. The van der Waals surface area contributed by atoms with Crippen LogP contribution in [0.4, 0.5) is 0 Å². The molecule has 1 aromatic carbocycles. The Labute approximate surface area is 107 Å². The highest BCUT2D eigenvalue weighted by atomic mass is 15.2. The summed E-state index contributed by atoms with van der Waals surface area (Å²) in [6.07, 6.45) is 4.04. The maximum Gasteiger partial charge on any atom is 0.0530 e. The third kappa shape index (κ3) is 2.07. The first-order valence-electron chi connectivity index (χ1n) is 6.53. The second-order valence-corrected chi connectivity index (χ2v) is 4.79. The topological polar surface area (TPSA) is 31.1 Å². The van der Waals surface area contributed by atoms with Crippen molar-refractivity contribution >= 4 is 10.9 Å². The zero-order valence-electron chi connectivity index (χ0n) is 10.5. The van der Waals surface area contributed by atoms with Crippen LogP contribution in [0.25, 0.3) is 10.9 Å². The summed E-state index contributed by atoms with van der Waals surface area (Å²) in [5, 5.41) is 4.66. The minimum atomic E-state index is 0.325. The first kappa shape index (κ1) is 11.5. The number of H-pyrrole nitrogens is 1. The summed E-state index contributed by atoms with van der Waals surface area (Å²) in [4.78, 5) is 5.72. The van der Waals surface area contributed by atoms with Crippen LogP contribution in [0, 0.1) is 0 Å². The molecular weight excluding hydrogens is 222 g/mol. The van der Waals surface area contributed by atoms with Gasteiger partial charge in [0.1, 0.15) is 0 Å². The van der Waals surface area contributed by atoms with E-state index in [0.717, 1.165) is 26.2 Å². The molecule has 18 heavy (non-hydrogen) atoms. The number of aromatic nitrogens is 1. The lowest BCUT2D eigenvalue weighted by atomic mass is 10.0. The molecule has 3 heteroatoms. The van der Waals surface area contributed by atoms with Gasteiger partial charge in [-0.1, -0.05) is 12.1 Å². The molecule has 3 nitrogen and oxygen atoms in total. The lowest BCUT2D eigenvalue weighted by Gasteiger charge is -2.33. The van der Waals surface area contributed by atoms with Gasteiger partial charge in [0, 0.05) is 37.9 Å². The molecule has 0 radical (unpaired) electrons. The number of benzene rings is 1. The van der Waals surface area contributed by atoms with Crippen molar-refractivity contribution in [1.82, 2.24) is 15.2 Å². The van der Waals surface area contributed by atoms with Gasteiger partial charge in [0.05, 0.1) is 6.04 Å². The molecule has 0 amide bonds. The van der Waals surface area contributed by atoms with Gasteiger partial charge < -0.3 is 10.3 Å². The molecule has 0 saturated carbocycles. The number of aromatic amines is 1. The molecule has 2 heterocycles. The molecule has 1 atom stereocenters. The standard InChI is InChI=1S/C15H19N3/c1-2-15(18-9-7-16-8-10-18)13-3-4-14-12(11-13)5-6-17-14/h2-6,11,15-17H,1,7-10H2/t15-/m0/s1. The Morgan fingerprint density at radius 2 is 2.06 bits per heavy atom. The second-order valence-electron chi connectivity index (χ2n) is 4.79. The number of nitrogens with one attached hydrogen (secondary N) is 2. The molecular formula is C15H19N3. The Bertz CT molecular complexity index is 537. The van der Waals surface area contributed by atoms with Crippen LogP contribution in [-0.4, -0.2) is 36.1 Å². The third-order valence-corrected chi connectivity index (χ3v) is 3.69. The van der Waals surface area contributed by atoms with E-state index >= 15 is 0 Å². The molecule has 94 valence electrons. The van der Waals surface area contributed by atoms with Crippen LogP contribution < -0.4 is 5.32 Å². The minimum Gasteiger partial charge on any atom is -0.361 e. The fourth-order valence-electron chi connectivity index (χ4n) is 2.71. The normalized spacial score (nSPS) is 18.9. The van der Waals surface area contributed by atoms with E-state index in [2.05, 4.69) is 52.1 Å². The van der Waals surface area contributed by atoms with Gasteiger partial charge in [0.2, 0.25) is 0 Å². The zero-order chi connectivity index (χ0) is 12.4. The predicted octanol–water partition coefficient (Wildman–Crippen LogP) is 2.30. The van der Waals surface area contributed by atoms with Gasteiger partial charge in [-0.05, 0) is 29.1 Å². The second kappa shape index (κ2) is 4.96. The van der Waals surface area contributed by atoms with Gasteiger partial charge in [-0.25, -0.2) is 0 Å². The minimum absolute atomic E-state index is 0.325. The molecule has 0 unspecified atom stereocenters. The van der Waals surface area contributed by atoms with Crippen molar-refractivity contribution in [3.05, 3.63) is 48.7 Å². The van der Waals surface area contributed by atoms with Gasteiger partial charge in [-0.15, -0.1) is 6.58 Å². The van der Waals surface area contributed by atoms with Crippen LogP contribution in [0.1, 0.15) is 11.6 Å². The Morgan fingerprint density at radius 1 is 1.22 bits per heavy atom. The van der Waals surface area contributed by atoms with Crippen molar-refractivity contribution in [2.75, 3.05) is 26.2 Å². The van der Waals surface area contributed by atoms with Crippen molar-refractivity contribution in [3.63, 3.8) is 0 Å². The van der Waals surface area contributed by atoms with Crippen LogP contribution in [0.3, 0.4) is 0 Å². The van der Waals surface area contributed by atoms with Gasteiger partial charge in [-0.3, -0.25) is 4.90 Å². The van der Waals surface area contributed by atoms with Crippen molar-refractivity contribution < 1.29 is 0 Å². The van der Waals surface area contributed by atoms with Crippen LogP contribution in [0.15, 0.2) is 43.1 Å². The Morgan fingerprint density at radius 3 is 2.83 bits per heavy atom. The number of hydrogen-bond acceptors (Lipinski definition) is 2. The molecule has 1 saturated heterocycles. The molecule has 1 aliphatic rings. The van der Waals surface area contributed by atoms with E-state index in [4.69, 9.17) is 0 Å². The largest absolute Gasteiger partial charge is 0.361 e. The summed E-state index contributed by atoms with van der Waals surface area (Å²) in [6, 6.07) is 9.07. The van der Waals surface area contributed by atoms with Gasteiger partial charge in [0.15, 0.2) is 0 Å². The van der Waals surface area contributed by atoms with E-state index in [9.17, 15) is 0 Å². The first-order valence-corrected chi connectivity index (χ1v) is 6.53. The Kier molecular flexibility index (Phi) is 3.17. The predicted molar refractivity (Wildman–Crippen MR) is 75.7 cm³/mol. The SMILES string of the molecule is C=C[C@@H](c1ccc2[nH]ccc2c1)N1CCNCC1. The lowest BCUT2D eigenvalue weighted by molar-refractivity contribution is 0.203. The smallest absolute Gasteiger partial charge is 0.0530 e. The zero-order valence-corrected chi connectivity index (χ0v) is 10.5. The summed E-state index contributed by atoms with van der Waals surface area (Å²) < 4.78 is 0. The van der Waals surface area contributed by atoms with E-state index in [1.807, 2.05) is 6.20 Å². The van der Waals surface area contributed by atoms with Crippen LogP contribution in [-0.2, 0) is 0 Å². The first-order chi connectivity index (χ1) is 8.88. The van der Waals surface area contributed by atoms with Crippen LogP contribution >= 0.6 is 0 Å². The highest BCUT2D eigenvalue weighted by Gasteiger charge is 2.19. The number of nitrogens with zero attached hydrogens (tertiary/aromatic N) is 1. The average Bonchev–Trinajstić information content (AvgIpc) is 2.88. The molecule has 0 spiro atoms. The average molecular weight is 241 g/mol. The summed E-state index contributed by atoms with van der Waals surface area (Å²) in [7, 11) is 0. The number of hydrogen-bond donors (Lipinski definition) is 2. The maximum atomic E-state index is 4.01. The van der Waals surface area contributed by atoms with Gasteiger partial charge >= 0.3 is 0 Å². The Hall–Kier alpha value is -1.58. The molecule has 0 aliphatic carbocycles. The summed E-state index contributed by atoms with van der Waals surface area (Å²) in [6.45, 7) is 8.31. The van der Waals surface area contributed by atoms with E-state index < -0.39 is 0 Å². The molecule has 3 rings (SSSR count). The highest BCUT2D eigenvalue weighted by Crippen LogP contribution is 2.25. The van der Waals surface area contributed by atoms with Crippen molar-refractivity contribution in [1.29, 1.82) is 0 Å². The van der Waals surface area contributed by atoms with E-state index in [1.165, 1.54) is 16.5 Å². The fourth-order valence-corrected chi connectivity index (χ4v) is 2.71. The van der Waals surface area contributed by atoms with E-state index in [-0.39, 0.29) is 0 Å². The molecule has 2 aromatic rings. The highest BCUT2D eigenvalue weighted by molar-refractivity contribution is 5.80. The quantitative estimate of drug-likeness (QED) is 0.808. The molecule has 1 aliphatic heterocycles. The van der Waals surface area contributed by atoms with Crippen molar-refractivity contribution in [2.24, 2.45) is 0 Å². The molecule has 1 fully saturated rings. The third-order valence-electron chi connectivity index (χ3n) is 3.69. The summed E-state index contributed by atoms with van der Waals surface area (Å²) >= 11 is 0. The van der Waals surface area contributed by atoms with Crippen LogP contribution in [0.5, 0.6) is 0 Å². The summed E-state index contributed by atoms with van der Waals surface area (Å²) in [5.41, 5.74) is 2.53. The number of rotatable bonds is 3. The molecule has 1 aromatic heterocycles. The number of piperazine rings is 1. The van der Waals surface area contributed by atoms with E-state index in [0.29, 0.717) is 6.04 Å². The number of fused-ring (bicyclic) bond motifs is 1. The van der Waals surface area contributed by atoms with Crippen molar-refractivity contribution in [2.45, 2.75) is 6.04 Å². The molecule has 2 N–H and O–H groups in total. The summed E-state index contributed by atoms with van der Waals surface area (Å²) in [5.74, 6) is 0.